The number of nitrogens with one attached hydrogen (secondary N) is 1. The molecule has 0 bridgehead atoms. The molecule has 1 aromatic carbocycles. The first-order valence-corrected chi connectivity index (χ1v) is 7.58. The van der Waals surface area contributed by atoms with Crippen LogP contribution < -0.4 is 5.43 Å². The van der Waals surface area contributed by atoms with Crippen LogP contribution in [0.5, 0.6) is 0 Å². The minimum atomic E-state index is -0.279. The first-order chi connectivity index (χ1) is 10.2. The Morgan fingerprint density at radius 2 is 2.24 bits per heavy atom. The van der Waals surface area contributed by atoms with E-state index in [2.05, 4.69) is 15.5 Å². The summed E-state index contributed by atoms with van der Waals surface area (Å²) in [6, 6.07) is 7.32. The SMILES string of the molecule is CCOC(=O)Cc1csc(NN=Cc2ccc(Cl)cc2)n1. The van der Waals surface area contributed by atoms with Gasteiger partial charge in [0, 0.05) is 10.4 Å². The van der Waals surface area contributed by atoms with Crippen LogP contribution >= 0.6 is 22.9 Å². The number of thiazole rings is 1. The van der Waals surface area contributed by atoms with Crippen molar-refractivity contribution in [3.8, 4) is 0 Å². The van der Waals surface area contributed by atoms with Crippen molar-refractivity contribution >= 4 is 40.3 Å². The predicted octanol–water partition coefficient (Wildman–Crippen LogP) is 3.35. The zero-order valence-corrected chi connectivity index (χ0v) is 12.9. The van der Waals surface area contributed by atoms with Gasteiger partial charge in [-0.25, -0.2) is 4.98 Å². The summed E-state index contributed by atoms with van der Waals surface area (Å²) in [4.78, 5) is 15.6. The summed E-state index contributed by atoms with van der Waals surface area (Å²) in [5.41, 5.74) is 4.42. The number of hydrogen-bond donors (Lipinski definition) is 1. The Morgan fingerprint density at radius 3 is 2.95 bits per heavy atom. The summed E-state index contributed by atoms with van der Waals surface area (Å²) in [5, 5.41) is 7.20. The average molecular weight is 324 g/mol. The number of rotatable bonds is 6. The molecule has 0 atom stereocenters. The van der Waals surface area contributed by atoms with E-state index in [1.165, 1.54) is 11.3 Å². The zero-order valence-electron chi connectivity index (χ0n) is 11.4. The lowest BCUT2D eigenvalue weighted by Gasteiger charge is -1.98. The standard InChI is InChI=1S/C14H14ClN3O2S/c1-2-20-13(19)7-12-9-21-14(17-12)18-16-8-10-3-5-11(15)6-4-10/h3-6,8-9H,2,7H2,1H3,(H,17,18). The van der Waals surface area contributed by atoms with E-state index in [0.29, 0.717) is 22.5 Å². The van der Waals surface area contributed by atoms with Gasteiger partial charge >= 0.3 is 5.97 Å². The van der Waals surface area contributed by atoms with E-state index in [9.17, 15) is 4.79 Å². The number of halogens is 1. The van der Waals surface area contributed by atoms with Gasteiger partial charge in [0.1, 0.15) is 0 Å². The highest BCUT2D eigenvalue weighted by atomic mass is 35.5. The van der Waals surface area contributed by atoms with Gasteiger partial charge in [-0.15, -0.1) is 11.3 Å². The molecule has 2 aromatic rings. The number of carbonyl (C=O) groups excluding carboxylic acids is 1. The molecular formula is C14H14ClN3O2S. The van der Waals surface area contributed by atoms with Gasteiger partial charge in [-0.2, -0.15) is 5.10 Å². The Balaban J connectivity index is 1.87. The number of ether oxygens (including phenoxy) is 1. The second-order valence-corrected chi connectivity index (χ2v) is 5.34. The van der Waals surface area contributed by atoms with Gasteiger partial charge in [0.25, 0.3) is 0 Å². The van der Waals surface area contributed by atoms with Crippen molar-refractivity contribution in [2.45, 2.75) is 13.3 Å². The molecule has 21 heavy (non-hydrogen) atoms. The molecular weight excluding hydrogens is 310 g/mol. The van der Waals surface area contributed by atoms with Gasteiger partial charge in [-0.05, 0) is 24.6 Å². The Kier molecular flexibility index (Phi) is 5.71. The first kappa shape index (κ1) is 15.5. The smallest absolute Gasteiger partial charge is 0.311 e. The van der Waals surface area contributed by atoms with Crippen molar-refractivity contribution in [3.05, 3.63) is 45.9 Å². The monoisotopic (exact) mass is 323 g/mol. The fourth-order valence-corrected chi connectivity index (χ4v) is 2.30. The van der Waals surface area contributed by atoms with Crippen molar-refractivity contribution in [1.29, 1.82) is 0 Å². The summed E-state index contributed by atoms with van der Waals surface area (Å²) >= 11 is 7.18. The molecule has 7 heteroatoms. The number of nitrogens with zero attached hydrogens (tertiary/aromatic N) is 2. The van der Waals surface area contributed by atoms with Gasteiger partial charge in [-0.1, -0.05) is 23.7 Å². The molecule has 110 valence electrons. The number of aromatic nitrogens is 1. The van der Waals surface area contributed by atoms with E-state index in [1.807, 2.05) is 12.1 Å². The highest BCUT2D eigenvalue weighted by molar-refractivity contribution is 7.13. The molecule has 2 rings (SSSR count). The van der Waals surface area contributed by atoms with E-state index >= 15 is 0 Å². The molecule has 0 saturated heterocycles. The molecule has 1 aromatic heterocycles. The summed E-state index contributed by atoms with van der Waals surface area (Å²) in [6.45, 7) is 2.15. The fourth-order valence-electron chi connectivity index (χ4n) is 1.51. The molecule has 0 aliphatic heterocycles. The Morgan fingerprint density at radius 1 is 1.48 bits per heavy atom. The lowest BCUT2D eigenvalue weighted by molar-refractivity contribution is -0.142. The Hall–Kier alpha value is -1.92. The quantitative estimate of drug-likeness (QED) is 0.503. The minimum absolute atomic E-state index is 0.174. The lowest BCUT2D eigenvalue weighted by atomic mass is 10.2. The van der Waals surface area contributed by atoms with Crippen LogP contribution in [0.15, 0.2) is 34.7 Å². The molecule has 5 nitrogen and oxygen atoms in total. The highest BCUT2D eigenvalue weighted by Crippen LogP contribution is 2.16. The van der Waals surface area contributed by atoms with Crippen molar-refractivity contribution in [3.63, 3.8) is 0 Å². The normalized spacial score (nSPS) is 10.8. The molecule has 0 amide bonds. The maximum absolute atomic E-state index is 11.3. The molecule has 0 unspecified atom stereocenters. The summed E-state index contributed by atoms with van der Waals surface area (Å²) in [6.07, 6.45) is 1.84. The lowest BCUT2D eigenvalue weighted by Crippen LogP contribution is -2.07. The summed E-state index contributed by atoms with van der Waals surface area (Å²) in [7, 11) is 0. The van der Waals surface area contributed by atoms with Gasteiger partial charge in [0.2, 0.25) is 5.13 Å². The molecule has 0 aliphatic carbocycles. The number of hydrazone groups is 1. The van der Waals surface area contributed by atoms with Crippen LogP contribution in [-0.4, -0.2) is 23.8 Å². The Labute approximate surface area is 131 Å². The number of benzene rings is 1. The molecule has 1 N–H and O–H groups in total. The number of esters is 1. The molecule has 0 radical (unpaired) electrons. The second kappa shape index (κ2) is 7.75. The van der Waals surface area contributed by atoms with Gasteiger partial charge in [0.05, 0.1) is 24.9 Å². The van der Waals surface area contributed by atoms with Crippen molar-refractivity contribution < 1.29 is 9.53 Å². The third-order valence-corrected chi connectivity index (χ3v) is 3.47. The maximum atomic E-state index is 11.3. The molecule has 0 aliphatic rings. The number of anilines is 1. The minimum Gasteiger partial charge on any atom is -0.466 e. The van der Waals surface area contributed by atoms with Gasteiger partial charge in [-0.3, -0.25) is 10.2 Å². The Bertz CT molecular complexity index is 625. The van der Waals surface area contributed by atoms with Crippen molar-refractivity contribution in [2.24, 2.45) is 5.10 Å². The largest absolute Gasteiger partial charge is 0.466 e. The van der Waals surface area contributed by atoms with Crippen molar-refractivity contribution in [2.75, 3.05) is 12.0 Å². The number of hydrogen-bond acceptors (Lipinski definition) is 6. The van der Waals surface area contributed by atoms with Crippen LogP contribution in [0, 0.1) is 0 Å². The van der Waals surface area contributed by atoms with E-state index in [4.69, 9.17) is 16.3 Å². The van der Waals surface area contributed by atoms with E-state index in [1.54, 1.807) is 30.7 Å². The van der Waals surface area contributed by atoms with Crippen LogP contribution in [0.1, 0.15) is 18.2 Å². The third-order valence-electron chi connectivity index (χ3n) is 2.43. The topological polar surface area (TPSA) is 63.6 Å². The van der Waals surface area contributed by atoms with Crippen molar-refractivity contribution in [1.82, 2.24) is 4.98 Å². The van der Waals surface area contributed by atoms with E-state index in [0.717, 1.165) is 5.56 Å². The fraction of sp³-hybridized carbons (Fsp3) is 0.214. The number of carbonyl (C=O) groups is 1. The van der Waals surface area contributed by atoms with Crippen LogP contribution in [-0.2, 0) is 16.0 Å². The molecule has 0 saturated carbocycles. The maximum Gasteiger partial charge on any atom is 0.311 e. The van der Waals surface area contributed by atoms with Crippen LogP contribution in [0.25, 0.3) is 0 Å². The zero-order chi connectivity index (χ0) is 15.1. The van der Waals surface area contributed by atoms with E-state index in [-0.39, 0.29) is 12.4 Å². The van der Waals surface area contributed by atoms with E-state index < -0.39 is 0 Å². The van der Waals surface area contributed by atoms with Crippen LogP contribution in [0.2, 0.25) is 5.02 Å². The average Bonchev–Trinajstić information content (AvgIpc) is 2.89. The predicted molar refractivity (Wildman–Crippen MR) is 85.1 cm³/mol. The second-order valence-electron chi connectivity index (χ2n) is 4.05. The summed E-state index contributed by atoms with van der Waals surface area (Å²) < 4.78 is 4.87. The van der Waals surface area contributed by atoms with Gasteiger partial charge in [0.15, 0.2) is 0 Å². The summed E-state index contributed by atoms with van der Waals surface area (Å²) in [5.74, 6) is -0.279. The third kappa shape index (κ3) is 5.17. The highest BCUT2D eigenvalue weighted by Gasteiger charge is 2.07. The molecule has 0 fully saturated rings. The van der Waals surface area contributed by atoms with Gasteiger partial charge < -0.3 is 4.74 Å². The molecule has 1 heterocycles. The molecule has 0 spiro atoms. The van der Waals surface area contributed by atoms with Crippen LogP contribution in [0.4, 0.5) is 5.13 Å². The first-order valence-electron chi connectivity index (χ1n) is 6.32. The van der Waals surface area contributed by atoms with Crippen LogP contribution in [0.3, 0.4) is 0 Å².